The van der Waals surface area contributed by atoms with Crippen molar-refractivity contribution in [1.29, 1.82) is 0 Å². The Bertz CT molecular complexity index is 355. The Labute approximate surface area is 119 Å². The first kappa shape index (κ1) is 15.3. The van der Waals surface area contributed by atoms with E-state index in [1.165, 1.54) is 20.0 Å². The Kier molecular flexibility index (Phi) is 5.37. The largest absolute Gasteiger partial charge is 0.394 e. The molecular weight excluding hydrogens is 260 g/mol. The first-order chi connectivity index (χ1) is 9.65. The van der Waals surface area contributed by atoms with Gasteiger partial charge in [0.2, 0.25) is 11.8 Å². The van der Waals surface area contributed by atoms with E-state index in [0.29, 0.717) is 12.6 Å². The molecule has 1 aliphatic heterocycles. The minimum absolute atomic E-state index is 0.0874. The average Bonchev–Trinajstić information content (AvgIpc) is 3.06. The summed E-state index contributed by atoms with van der Waals surface area (Å²) >= 11 is 0. The molecule has 2 rings (SSSR count). The summed E-state index contributed by atoms with van der Waals surface area (Å²) in [5.74, 6) is -0.367. The van der Waals surface area contributed by atoms with Gasteiger partial charge in [-0.05, 0) is 12.8 Å². The molecule has 0 bridgehead atoms. The molecule has 6 nitrogen and oxygen atoms in total. The summed E-state index contributed by atoms with van der Waals surface area (Å²) < 4.78 is 4.93. The zero-order chi connectivity index (χ0) is 14.5. The van der Waals surface area contributed by atoms with E-state index < -0.39 is 6.04 Å². The standard InChI is InChI=1S/C14H24N2O4/c1-20-9-11(8-17)15-14(19)10-6-13(18)16(7-10)12-4-2-3-5-12/h10-12,17H,2-9H2,1H3,(H,15,19). The summed E-state index contributed by atoms with van der Waals surface area (Å²) in [5.41, 5.74) is 0. The first-order valence-electron chi connectivity index (χ1n) is 7.35. The van der Waals surface area contributed by atoms with Gasteiger partial charge in [0.25, 0.3) is 0 Å². The van der Waals surface area contributed by atoms with Crippen LogP contribution in [0.25, 0.3) is 0 Å². The third-order valence-electron chi connectivity index (χ3n) is 4.23. The molecule has 0 radical (unpaired) electrons. The van der Waals surface area contributed by atoms with Crippen molar-refractivity contribution in [3.63, 3.8) is 0 Å². The second kappa shape index (κ2) is 7.04. The van der Waals surface area contributed by atoms with Gasteiger partial charge >= 0.3 is 0 Å². The molecule has 2 atom stereocenters. The average molecular weight is 284 g/mol. The van der Waals surface area contributed by atoms with Gasteiger partial charge in [0.15, 0.2) is 0 Å². The number of hydrogen-bond donors (Lipinski definition) is 2. The van der Waals surface area contributed by atoms with Gasteiger partial charge in [-0.1, -0.05) is 12.8 Å². The van der Waals surface area contributed by atoms with Crippen LogP contribution in [0.3, 0.4) is 0 Å². The van der Waals surface area contributed by atoms with Crippen molar-refractivity contribution in [1.82, 2.24) is 10.2 Å². The van der Waals surface area contributed by atoms with Gasteiger partial charge in [-0.2, -0.15) is 0 Å². The number of hydrogen-bond acceptors (Lipinski definition) is 4. The number of methoxy groups -OCH3 is 1. The monoisotopic (exact) mass is 284 g/mol. The van der Waals surface area contributed by atoms with Crippen molar-refractivity contribution < 1.29 is 19.4 Å². The molecule has 0 aromatic carbocycles. The van der Waals surface area contributed by atoms with Crippen LogP contribution in [0.2, 0.25) is 0 Å². The summed E-state index contributed by atoms with van der Waals surface area (Å²) in [5, 5.41) is 11.9. The van der Waals surface area contributed by atoms with Gasteiger partial charge < -0.3 is 20.1 Å². The lowest BCUT2D eigenvalue weighted by molar-refractivity contribution is -0.130. The topological polar surface area (TPSA) is 78.9 Å². The van der Waals surface area contributed by atoms with Gasteiger partial charge in [-0.15, -0.1) is 0 Å². The number of aliphatic hydroxyl groups is 1. The van der Waals surface area contributed by atoms with Gasteiger partial charge in [0, 0.05) is 26.1 Å². The predicted molar refractivity (Wildman–Crippen MR) is 73.0 cm³/mol. The van der Waals surface area contributed by atoms with Gasteiger partial charge in [-0.25, -0.2) is 0 Å². The van der Waals surface area contributed by atoms with Gasteiger partial charge in [0.05, 0.1) is 25.2 Å². The molecule has 1 saturated carbocycles. The first-order valence-corrected chi connectivity index (χ1v) is 7.35. The SMILES string of the molecule is COCC(CO)NC(=O)C1CC(=O)N(C2CCCC2)C1. The molecule has 0 aromatic heterocycles. The molecule has 1 aliphatic carbocycles. The Morgan fingerprint density at radius 3 is 2.80 bits per heavy atom. The number of carbonyl (C=O) groups is 2. The molecule has 2 unspecified atom stereocenters. The van der Waals surface area contributed by atoms with Crippen LogP contribution in [0.5, 0.6) is 0 Å². The highest BCUT2D eigenvalue weighted by atomic mass is 16.5. The molecule has 2 amide bonds. The second-order valence-corrected chi connectivity index (χ2v) is 5.73. The number of amides is 2. The minimum atomic E-state index is -0.400. The lowest BCUT2D eigenvalue weighted by atomic mass is 10.1. The van der Waals surface area contributed by atoms with Crippen LogP contribution < -0.4 is 5.32 Å². The molecule has 114 valence electrons. The zero-order valence-corrected chi connectivity index (χ0v) is 12.0. The van der Waals surface area contributed by atoms with E-state index in [4.69, 9.17) is 9.84 Å². The quantitative estimate of drug-likeness (QED) is 0.714. The number of nitrogens with one attached hydrogen (secondary N) is 1. The molecule has 1 saturated heterocycles. The highest BCUT2D eigenvalue weighted by Gasteiger charge is 2.38. The number of aliphatic hydroxyl groups excluding tert-OH is 1. The molecule has 0 spiro atoms. The normalized spacial score (nSPS) is 25.2. The van der Waals surface area contributed by atoms with Gasteiger partial charge in [0.1, 0.15) is 0 Å². The van der Waals surface area contributed by atoms with Crippen molar-refractivity contribution >= 4 is 11.8 Å². The van der Waals surface area contributed by atoms with Crippen LogP contribution >= 0.6 is 0 Å². The zero-order valence-electron chi connectivity index (χ0n) is 12.0. The maximum Gasteiger partial charge on any atom is 0.225 e. The van der Waals surface area contributed by atoms with E-state index in [0.717, 1.165) is 12.8 Å². The summed E-state index contributed by atoms with van der Waals surface area (Å²) in [6.07, 6.45) is 4.75. The molecule has 2 aliphatic rings. The van der Waals surface area contributed by atoms with E-state index in [1.54, 1.807) is 0 Å². The van der Waals surface area contributed by atoms with Crippen molar-refractivity contribution in [3.05, 3.63) is 0 Å². The van der Waals surface area contributed by atoms with Crippen LogP contribution in [0, 0.1) is 5.92 Å². The van der Waals surface area contributed by atoms with E-state index in [-0.39, 0.29) is 37.4 Å². The predicted octanol–water partition coefficient (Wildman–Crippen LogP) is -0.0990. The van der Waals surface area contributed by atoms with E-state index in [1.807, 2.05) is 4.90 Å². The number of carbonyl (C=O) groups excluding carboxylic acids is 2. The van der Waals surface area contributed by atoms with Crippen LogP contribution in [-0.2, 0) is 14.3 Å². The summed E-state index contributed by atoms with van der Waals surface area (Å²) in [6.45, 7) is 0.627. The maximum absolute atomic E-state index is 12.1. The summed E-state index contributed by atoms with van der Waals surface area (Å²) in [7, 11) is 1.52. The number of rotatable bonds is 6. The molecule has 6 heteroatoms. The van der Waals surface area contributed by atoms with Crippen molar-refractivity contribution in [2.24, 2.45) is 5.92 Å². The highest BCUT2D eigenvalue weighted by molar-refractivity contribution is 5.89. The lowest BCUT2D eigenvalue weighted by Gasteiger charge is -2.24. The van der Waals surface area contributed by atoms with Crippen molar-refractivity contribution in [3.8, 4) is 0 Å². The Morgan fingerprint density at radius 1 is 1.50 bits per heavy atom. The Morgan fingerprint density at radius 2 is 2.20 bits per heavy atom. The second-order valence-electron chi connectivity index (χ2n) is 5.73. The highest BCUT2D eigenvalue weighted by Crippen LogP contribution is 2.29. The Hall–Kier alpha value is -1.14. The third kappa shape index (κ3) is 3.49. The van der Waals surface area contributed by atoms with E-state index >= 15 is 0 Å². The Balaban J connectivity index is 1.87. The van der Waals surface area contributed by atoms with E-state index in [2.05, 4.69) is 5.32 Å². The minimum Gasteiger partial charge on any atom is -0.394 e. The number of nitrogens with zero attached hydrogens (tertiary/aromatic N) is 1. The van der Waals surface area contributed by atoms with Crippen molar-refractivity contribution in [2.75, 3.05) is 26.9 Å². The summed E-state index contributed by atoms with van der Waals surface area (Å²) in [6, 6.07) is -0.0731. The van der Waals surface area contributed by atoms with Crippen LogP contribution in [0.15, 0.2) is 0 Å². The third-order valence-corrected chi connectivity index (χ3v) is 4.23. The smallest absolute Gasteiger partial charge is 0.225 e. The van der Waals surface area contributed by atoms with Crippen LogP contribution in [0.1, 0.15) is 32.1 Å². The summed E-state index contributed by atoms with van der Waals surface area (Å²) in [4.78, 5) is 26.0. The van der Waals surface area contributed by atoms with Gasteiger partial charge in [-0.3, -0.25) is 9.59 Å². The maximum atomic E-state index is 12.1. The van der Waals surface area contributed by atoms with Crippen LogP contribution in [-0.4, -0.2) is 60.8 Å². The fourth-order valence-corrected chi connectivity index (χ4v) is 3.14. The number of likely N-dealkylation sites (tertiary alicyclic amines) is 1. The fourth-order valence-electron chi connectivity index (χ4n) is 3.14. The molecule has 20 heavy (non-hydrogen) atoms. The molecule has 2 fully saturated rings. The van der Waals surface area contributed by atoms with E-state index in [9.17, 15) is 9.59 Å². The molecule has 0 aromatic rings. The fraction of sp³-hybridized carbons (Fsp3) is 0.857. The van der Waals surface area contributed by atoms with Crippen LogP contribution in [0.4, 0.5) is 0 Å². The number of ether oxygens (including phenoxy) is 1. The van der Waals surface area contributed by atoms with Crippen molar-refractivity contribution in [2.45, 2.75) is 44.2 Å². The molecular formula is C14H24N2O4. The molecule has 1 heterocycles. The molecule has 2 N–H and O–H groups in total. The lowest BCUT2D eigenvalue weighted by Crippen LogP contribution is -2.44.